The van der Waals surface area contributed by atoms with Crippen LogP contribution in [0.1, 0.15) is 18.1 Å². The Labute approximate surface area is 208 Å². The highest BCUT2D eigenvalue weighted by molar-refractivity contribution is 5.85. The molecular formula is C29H29N5O2. The van der Waals surface area contributed by atoms with Crippen LogP contribution in [-0.4, -0.2) is 31.8 Å². The first kappa shape index (κ1) is 22.3. The quantitative estimate of drug-likeness (QED) is 0.385. The minimum Gasteiger partial charge on any atom is -0.342 e. The maximum absolute atomic E-state index is 13.8. The van der Waals surface area contributed by atoms with E-state index in [1.54, 1.807) is 7.05 Å². The lowest BCUT2D eigenvalue weighted by Crippen LogP contribution is -2.41. The van der Waals surface area contributed by atoms with Crippen LogP contribution in [0.5, 0.6) is 0 Å². The van der Waals surface area contributed by atoms with Gasteiger partial charge >= 0.3 is 5.69 Å². The van der Waals surface area contributed by atoms with E-state index in [4.69, 9.17) is 4.98 Å². The molecule has 0 aliphatic carbocycles. The second-order valence-electron chi connectivity index (χ2n) is 9.85. The van der Waals surface area contributed by atoms with Gasteiger partial charge in [-0.25, -0.2) is 4.79 Å². The van der Waals surface area contributed by atoms with Crippen molar-refractivity contribution in [1.29, 1.82) is 0 Å². The summed E-state index contributed by atoms with van der Waals surface area (Å²) in [7, 11) is 1.71. The first-order valence-corrected chi connectivity index (χ1v) is 12.5. The second kappa shape index (κ2) is 8.82. The smallest absolute Gasteiger partial charge is 0.332 e. The first-order chi connectivity index (χ1) is 17.5. The largest absolute Gasteiger partial charge is 0.342 e. The zero-order valence-corrected chi connectivity index (χ0v) is 20.6. The third-order valence-corrected chi connectivity index (χ3v) is 7.24. The maximum Gasteiger partial charge on any atom is 0.332 e. The molecule has 1 aliphatic rings. The maximum atomic E-state index is 13.8. The van der Waals surface area contributed by atoms with Gasteiger partial charge in [-0.1, -0.05) is 79.7 Å². The molecule has 36 heavy (non-hydrogen) atoms. The number of fused-ring (bicyclic) bond motifs is 4. The summed E-state index contributed by atoms with van der Waals surface area (Å²) in [5.74, 6) is 1.13. The van der Waals surface area contributed by atoms with Crippen molar-refractivity contribution in [3.8, 4) is 0 Å². The average molecular weight is 480 g/mol. The third kappa shape index (κ3) is 3.71. The predicted molar refractivity (Wildman–Crippen MR) is 144 cm³/mol. The van der Waals surface area contributed by atoms with Crippen LogP contribution in [0, 0.1) is 5.92 Å². The van der Waals surface area contributed by atoms with Crippen LogP contribution < -0.4 is 16.1 Å². The number of imidazole rings is 1. The average Bonchev–Trinajstić information content (AvgIpc) is 3.29. The van der Waals surface area contributed by atoms with E-state index in [-0.39, 0.29) is 17.8 Å². The van der Waals surface area contributed by atoms with Gasteiger partial charge in [0.2, 0.25) is 5.95 Å². The molecule has 3 heterocycles. The van der Waals surface area contributed by atoms with Crippen molar-refractivity contribution >= 4 is 27.9 Å². The van der Waals surface area contributed by atoms with E-state index in [9.17, 15) is 9.59 Å². The summed E-state index contributed by atoms with van der Waals surface area (Å²) < 4.78 is 4.90. The van der Waals surface area contributed by atoms with Gasteiger partial charge in [0.15, 0.2) is 11.2 Å². The Balaban J connectivity index is 1.45. The predicted octanol–water partition coefficient (Wildman–Crippen LogP) is 3.80. The third-order valence-electron chi connectivity index (χ3n) is 7.24. The molecule has 0 saturated carbocycles. The van der Waals surface area contributed by atoms with Crippen molar-refractivity contribution in [2.75, 3.05) is 18.0 Å². The van der Waals surface area contributed by atoms with E-state index in [0.717, 1.165) is 41.8 Å². The summed E-state index contributed by atoms with van der Waals surface area (Å²) in [4.78, 5) is 34.3. The standard InChI is InChI=1S/C29H29N5O2/c1-20-17-32(16-15-21-9-4-3-5-10-21)28-30-26-25(33(28)18-20)27(35)34(29(36)31(26)2)19-23-13-8-12-22-11-6-7-14-24(22)23/h3-14,20H,15-19H2,1-2H3. The molecule has 1 unspecified atom stereocenters. The monoisotopic (exact) mass is 479 g/mol. The molecule has 6 rings (SSSR count). The summed E-state index contributed by atoms with van der Waals surface area (Å²) in [5, 5.41) is 2.13. The van der Waals surface area contributed by atoms with Crippen molar-refractivity contribution in [3.05, 3.63) is 105 Å². The van der Waals surface area contributed by atoms with Crippen molar-refractivity contribution in [1.82, 2.24) is 18.7 Å². The highest BCUT2D eigenvalue weighted by Crippen LogP contribution is 2.27. The Morgan fingerprint density at radius 1 is 0.917 bits per heavy atom. The van der Waals surface area contributed by atoms with Gasteiger partial charge < -0.3 is 9.47 Å². The number of nitrogens with zero attached hydrogens (tertiary/aromatic N) is 5. The molecule has 1 aliphatic heterocycles. The molecule has 182 valence electrons. The minimum atomic E-state index is -0.347. The van der Waals surface area contributed by atoms with Gasteiger partial charge in [-0.2, -0.15) is 4.98 Å². The van der Waals surface area contributed by atoms with E-state index in [1.807, 2.05) is 53.1 Å². The summed E-state index contributed by atoms with van der Waals surface area (Å²) in [6.07, 6.45) is 0.890. The number of benzene rings is 3. The first-order valence-electron chi connectivity index (χ1n) is 12.5. The molecule has 1 atom stereocenters. The Hall–Kier alpha value is -4.13. The number of aryl methyl sites for hydroxylation is 1. The molecule has 0 radical (unpaired) electrons. The Morgan fingerprint density at radius 3 is 2.50 bits per heavy atom. The van der Waals surface area contributed by atoms with Crippen LogP contribution in [0.4, 0.5) is 5.95 Å². The fraction of sp³-hybridized carbons (Fsp3) is 0.276. The van der Waals surface area contributed by atoms with E-state index < -0.39 is 0 Å². The van der Waals surface area contributed by atoms with Gasteiger partial charge in [-0.05, 0) is 34.2 Å². The van der Waals surface area contributed by atoms with E-state index in [0.29, 0.717) is 23.6 Å². The van der Waals surface area contributed by atoms with Crippen molar-refractivity contribution < 1.29 is 0 Å². The second-order valence-corrected chi connectivity index (χ2v) is 9.85. The zero-order valence-electron chi connectivity index (χ0n) is 20.6. The number of aromatic nitrogens is 4. The minimum absolute atomic E-state index is 0.219. The van der Waals surface area contributed by atoms with Gasteiger partial charge in [-0.15, -0.1) is 0 Å². The lowest BCUT2D eigenvalue weighted by atomic mass is 10.0. The Kier molecular flexibility index (Phi) is 5.48. The van der Waals surface area contributed by atoms with Crippen molar-refractivity contribution in [3.63, 3.8) is 0 Å². The van der Waals surface area contributed by atoms with Gasteiger partial charge in [0.05, 0.1) is 6.54 Å². The molecule has 0 spiro atoms. The lowest BCUT2D eigenvalue weighted by molar-refractivity contribution is 0.437. The van der Waals surface area contributed by atoms with Gasteiger partial charge in [0.1, 0.15) is 0 Å². The highest BCUT2D eigenvalue weighted by Gasteiger charge is 2.29. The van der Waals surface area contributed by atoms with Crippen LogP contribution in [0.3, 0.4) is 0 Å². The molecule has 0 N–H and O–H groups in total. The van der Waals surface area contributed by atoms with Gasteiger partial charge in [0, 0.05) is 26.7 Å². The summed E-state index contributed by atoms with van der Waals surface area (Å²) >= 11 is 0. The van der Waals surface area contributed by atoms with Crippen molar-refractivity contribution in [2.45, 2.75) is 26.4 Å². The molecule has 7 heteroatoms. The van der Waals surface area contributed by atoms with E-state index >= 15 is 0 Å². The molecular weight excluding hydrogens is 450 g/mol. The molecule has 5 aromatic rings. The Morgan fingerprint density at radius 2 is 1.67 bits per heavy atom. The normalized spacial score (nSPS) is 15.5. The molecule has 2 aromatic heterocycles. The molecule has 0 amide bonds. The van der Waals surface area contributed by atoms with E-state index in [2.05, 4.69) is 36.1 Å². The SMILES string of the molecule is CC1CN(CCc2ccccc2)c2nc3c(c(=O)n(Cc4cccc5ccccc45)c(=O)n3C)n2C1. The number of anilines is 1. The fourth-order valence-electron chi connectivity index (χ4n) is 5.44. The highest BCUT2D eigenvalue weighted by atomic mass is 16.2. The van der Waals surface area contributed by atoms with Crippen LogP contribution in [0.25, 0.3) is 21.9 Å². The molecule has 7 nitrogen and oxygen atoms in total. The summed E-state index contributed by atoms with van der Waals surface area (Å²) in [5.41, 5.74) is 2.54. The van der Waals surface area contributed by atoms with Crippen LogP contribution >= 0.6 is 0 Å². The zero-order chi connectivity index (χ0) is 24.8. The summed E-state index contributed by atoms with van der Waals surface area (Å²) in [6.45, 7) is 4.79. The van der Waals surface area contributed by atoms with Crippen LogP contribution in [0.15, 0.2) is 82.4 Å². The fourth-order valence-corrected chi connectivity index (χ4v) is 5.44. The molecule has 0 saturated heterocycles. The van der Waals surface area contributed by atoms with Crippen LogP contribution in [-0.2, 0) is 26.6 Å². The molecule has 0 bridgehead atoms. The van der Waals surface area contributed by atoms with E-state index in [1.165, 1.54) is 14.7 Å². The van der Waals surface area contributed by atoms with Crippen LogP contribution in [0.2, 0.25) is 0 Å². The topological polar surface area (TPSA) is 65.1 Å². The Bertz CT molecular complexity index is 1690. The number of rotatable bonds is 5. The molecule has 0 fully saturated rings. The van der Waals surface area contributed by atoms with Crippen molar-refractivity contribution in [2.24, 2.45) is 13.0 Å². The number of hydrogen-bond donors (Lipinski definition) is 0. The van der Waals surface area contributed by atoms with Gasteiger partial charge in [-0.3, -0.25) is 13.9 Å². The summed E-state index contributed by atoms with van der Waals surface area (Å²) in [6, 6.07) is 24.4. The lowest BCUT2D eigenvalue weighted by Gasteiger charge is -2.33. The van der Waals surface area contributed by atoms with Gasteiger partial charge in [0.25, 0.3) is 5.56 Å². The number of hydrogen-bond acceptors (Lipinski definition) is 4. The molecule has 3 aromatic carbocycles.